The summed E-state index contributed by atoms with van der Waals surface area (Å²) in [5.74, 6) is -0.544. The van der Waals surface area contributed by atoms with Crippen molar-refractivity contribution in [2.75, 3.05) is 27.0 Å². The van der Waals surface area contributed by atoms with Crippen LogP contribution in [0, 0.1) is 0 Å². The van der Waals surface area contributed by atoms with Gasteiger partial charge >= 0.3 is 0 Å². The molecule has 0 bridgehead atoms. The molecular weight excluding hydrogens is 290 g/mol. The van der Waals surface area contributed by atoms with Crippen LogP contribution in [0.1, 0.15) is 18.6 Å². The van der Waals surface area contributed by atoms with E-state index in [9.17, 15) is 9.59 Å². The molecule has 0 atom stereocenters. The molecule has 0 unspecified atom stereocenters. The number of carbonyl (C=O) groups excluding carboxylic acids is 1. The van der Waals surface area contributed by atoms with Crippen molar-refractivity contribution in [1.29, 1.82) is 0 Å². The van der Waals surface area contributed by atoms with E-state index in [1.165, 1.54) is 6.07 Å². The lowest BCUT2D eigenvalue weighted by molar-refractivity contribution is 0.0952. The van der Waals surface area contributed by atoms with Crippen LogP contribution in [0.25, 0.3) is 21.8 Å². The van der Waals surface area contributed by atoms with Crippen LogP contribution in [0.5, 0.6) is 0 Å². The molecule has 1 amide bonds. The number of nitrogens with one attached hydrogen (secondary N) is 2. The number of benzene rings is 2. The van der Waals surface area contributed by atoms with Crippen LogP contribution in [0.4, 0.5) is 0 Å². The zero-order valence-electron chi connectivity index (χ0n) is 18.2. The summed E-state index contributed by atoms with van der Waals surface area (Å²) in [7, 11) is 0. The van der Waals surface area contributed by atoms with Gasteiger partial charge in [0.05, 0.1) is 11.1 Å². The SMILES string of the molecule is [2H]C([2H])([2H])N(CCNC(=O)c1cccc2c(=O)c3ccccc3[nH]c12)C([2H])([2H])[2H]. The van der Waals surface area contributed by atoms with Crippen LogP contribution in [-0.4, -0.2) is 42.8 Å². The summed E-state index contributed by atoms with van der Waals surface area (Å²) in [5.41, 5.74) is 0.943. The third-order valence-electron chi connectivity index (χ3n) is 3.61. The van der Waals surface area contributed by atoms with Gasteiger partial charge in [-0.1, -0.05) is 18.2 Å². The first-order chi connectivity index (χ1) is 13.5. The van der Waals surface area contributed by atoms with Gasteiger partial charge in [0.15, 0.2) is 5.43 Å². The highest BCUT2D eigenvalue weighted by atomic mass is 16.1. The first kappa shape index (κ1) is 9.47. The normalized spacial score (nSPS) is 16.2. The minimum atomic E-state index is -2.82. The highest BCUT2D eigenvalue weighted by Gasteiger charge is 2.13. The van der Waals surface area contributed by atoms with Crippen LogP contribution in [-0.2, 0) is 0 Å². The highest BCUT2D eigenvalue weighted by molar-refractivity contribution is 6.07. The standard InChI is InChI=1S/C18H19N3O2/c1-21(2)11-10-19-18(23)14-8-5-7-13-16(14)20-15-9-4-3-6-12(15)17(13)22/h3-9H,10-11H2,1-2H3,(H,19,23)(H,20,22)/i1D3,2D3. The molecule has 0 radical (unpaired) electrons. The van der Waals surface area contributed by atoms with Crippen LogP contribution >= 0.6 is 0 Å². The Morgan fingerprint density at radius 2 is 1.96 bits per heavy atom. The number of amides is 1. The molecule has 118 valence electrons. The van der Waals surface area contributed by atoms with Gasteiger partial charge in [-0.15, -0.1) is 0 Å². The molecule has 2 aromatic carbocycles. The van der Waals surface area contributed by atoms with Gasteiger partial charge in [-0.05, 0) is 38.2 Å². The largest absolute Gasteiger partial charge is 0.354 e. The number of rotatable bonds is 4. The Kier molecular flexibility index (Phi) is 2.56. The van der Waals surface area contributed by atoms with E-state index in [1.54, 1.807) is 36.4 Å². The Labute approximate surface area is 142 Å². The van der Waals surface area contributed by atoms with Crippen molar-refractivity contribution in [1.82, 2.24) is 15.2 Å². The van der Waals surface area contributed by atoms with Crippen molar-refractivity contribution in [2.45, 2.75) is 0 Å². The van der Waals surface area contributed by atoms with Crippen LogP contribution < -0.4 is 10.7 Å². The number of para-hydroxylation sites is 2. The van der Waals surface area contributed by atoms with Crippen molar-refractivity contribution < 1.29 is 13.0 Å². The number of H-pyrrole nitrogens is 1. The number of hydrogen-bond donors (Lipinski definition) is 2. The van der Waals surface area contributed by atoms with Crippen molar-refractivity contribution in [3.63, 3.8) is 0 Å². The molecule has 3 rings (SSSR count). The minimum Gasteiger partial charge on any atom is -0.354 e. The topological polar surface area (TPSA) is 65.2 Å². The first-order valence-corrected chi connectivity index (χ1v) is 7.10. The Morgan fingerprint density at radius 1 is 1.17 bits per heavy atom. The zero-order chi connectivity index (χ0) is 21.4. The van der Waals surface area contributed by atoms with Crippen LogP contribution in [0.3, 0.4) is 0 Å². The van der Waals surface area contributed by atoms with Crippen LogP contribution in [0.2, 0.25) is 0 Å². The third kappa shape index (κ3) is 2.96. The third-order valence-corrected chi connectivity index (χ3v) is 3.61. The van der Waals surface area contributed by atoms with Gasteiger partial charge in [-0.25, -0.2) is 0 Å². The van der Waals surface area contributed by atoms with Gasteiger partial charge in [-0.2, -0.15) is 0 Å². The number of hydrogen-bond acceptors (Lipinski definition) is 3. The Balaban J connectivity index is 1.87. The molecule has 1 heterocycles. The Hall–Kier alpha value is -2.66. The molecule has 5 nitrogen and oxygen atoms in total. The fraction of sp³-hybridized carbons (Fsp3) is 0.222. The number of likely N-dealkylation sites (N-methyl/N-ethyl adjacent to an activating group) is 1. The van der Waals surface area contributed by atoms with E-state index >= 15 is 0 Å². The summed E-state index contributed by atoms with van der Waals surface area (Å²) in [6.07, 6.45) is 0. The van der Waals surface area contributed by atoms with Gasteiger partial charge in [0.1, 0.15) is 0 Å². The zero-order valence-corrected chi connectivity index (χ0v) is 12.2. The number of carbonyl (C=O) groups is 1. The summed E-state index contributed by atoms with van der Waals surface area (Å²) in [6, 6.07) is 11.7. The van der Waals surface area contributed by atoms with Gasteiger partial charge in [0.2, 0.25) is 0 Å². The summed E-state index contributed by atoms with van der Waals surface area (Å²) >= 11 is 0. The number of nitrogens with zero attached hydrogens (tertiary/aromatic N) is 1. The molecule has 0 aliphatic rings. The van der Waals surface area contributed by atoms with Crippen molar-refractivity contribution >= 4 is 27.7 Å². The summed E-state index contributed by atoms with van der Waals surface area (Å²) in [6.45, 7) is -6.22. The monoisotopic (exact) mass is 315 g/mol. The highest BCUT2D eigenvalue weighted by Crippen LogP contribution is 2.18. The maximum atomic E-state index is 12.7. The average molecular weight is 315 g/mol. The van der Waals surface area contributed by atoms with Crippen molar-refractivity contribution in [3.05, 3.63) is 58.3 Å². The lowest BCUT2D eigenvalue weighted by Gasteiger charge is -2.12. The van der Waals surface area contributed by atoms with E-state index < -0.39 is 19.9 Å². The molecule has 5 heteroatoms. The minimum absolute atomic E-state index is 0.191. The maximum Gasteiger partial charge on any atom is 0.253 e. The maximum absolute atomic E-state index is 12.7. The molecule has 3 aromatic rings. The second-order valence-electron chi connectivity index (χ2n) is 5.14. The number of aromatic amines is 1. The molecule has 0 spiro atoms. The summed E-state index contributed by atoms with van der Waals surface area (Å²) in [5, 5.41) is 3.38. The second-order valence-corrected chi connectivity index (χ2v) is 5.14. The summed E-state index contributed by atoms with van der Waals surface area (Å²) in [4.78, 5) is 28.8. The Morgan fingerprint density at radius 3 is 2.78 bits per heavy atom. The van der Waals surface area contributed by atoms with Crippen molar-refractivity contribution in [3.8, 4) is 0 Å². The molecule has 0 saturated heterocycles. The molecule has 0 fully saturated rings. The van der Waals surface area contributed by atoms with E-state index in [1.807, 2.05) is 0 Å². The van der Waals surface area contributed by atoms with E-state index in [-0.39, 0.29) is 24.1 Å². The number of aromatic nitrogens is 1. The smallest absolute Gasteiger partial charge is 0.253 e. The fourth-order valence-electron chi connectivity index (χ4n) is 2.51. The van der Waals surface area contributed by atoms with Gasteiger partial charge in [0, 0.05) is 37.6 Å². The number of fused-ring (bicyclic) bond motifs is 2. The predicted molar refractivity (Wildman–Crippen MR) is 93.0 cm³/mol. The van der Waals surface area contributed by atoms with E-state index in [0.29, 0.717) is 26.7 Å². The number of pyridine rings is 1. The average Bonchev–Trinajstić information content (AvgIpc) is 2.63. The molecule has 0 aliphatic heterocycles. The van der Waals surface area contributed by atoms with Gasteiger partial charge in [0.25, 0.3) is 5.91 Å². The van der Waals surface area contributed by atoms with E-state index in [2.05, 4.69) is 10.3 Å². The lowest BCUT2D eigenvalue weighted by atomic mass is 10.1. The molecular formula is C18H19N3O2. The van der Waals surface area contributed by atoms with Gasteiger partial charge < -0.3 is 15.2 Å². The van der Waals surface area contributed by atoms with Crippen LogP contribution in [0.15, 0.2) is 47.3 Å². The quantitative estimate of drug-likeness (QED) is 0.724. The van der Waals surface area contributed by atoms with Crippen molar-refractivity contribution in [2.24, 2.45) is 0 Å². The molecule has 0 saturated carbocycles. The molecule has 0 aliphatic carbocycles. The van der Waals surface area contributed by atoms with Gasteiger partial charge in [-0.3, -0.25) is 9.59 Å². The second kappa shape index (κ2) is 6.22. The predicted octanol–water partition coefficient (Wildman–Crippen LogP) is 1.97. The fourth-order valence-corrected chi connectivity index (χ4v) is 2.51. The summed E-state index contributed by atoms with van der Waals surface area (Å²) < 4.78 is 44.1. The van der Waals surface area contributed by atoms with E-state index in [4.69, 9.17) is 8.22 Å². The molecule has 2 N–H and O–H groups in total. The molecule has 23 heavy (non-hydrogen) atoms. The Bertz CT molecular complexity index is 1110. The first-order valence-electron chi connectivity index (χ1n) is 10.1. The van der Waals surface area contributed by atoms with E-state index in [0.717, 1.165) is 0 Å². The molecule has 1 aromatic heterocycles. The lowest BCUT2D eigenvalue weighted by Crippen LogP contribution is -2.31.